The summed E-state index contributed by atoms with van der Waals surface area (Å²) in [6.07, 6.45) is 2.61. The largest absolute Gasteiger partial charge is 0.314 e. The van der Waals surface area contributed by atoms with E-state index in [9.17, 15) is 0 Å². The molecule has 1 aromatic rings. The van der Waals surface area contributed by atoms with Crippen LogP contribution in [0.5, 0.6) is 0 Å². The van der Waals surface area contributed by atoms with Gasteiger partial charge in [0.25, 0.3) is 0 Å². The van der Waals surface area contributed by atoms with Crippen LogP contribution in [0.15, 0.2) is 12.1 Å². The quantitative estimate of drug-likeness (QED) is 0.867. The maximum absolute atomic E-state index is 3.55. The van der Waals surface area contributed by atoms with E-state index in [0.29, 0.717) is 0 Å². The molecule has 1 saturated heterocycles. The molecular weight excluding hydrogens is 216 g/mol. The second-order valence-electron chi connectivity index (χ2n) is 4.62. The van der Waals surface area contributed by atoms with Gasteiger partial charge in [0.1, 0.15) is 0 Å². The van der Waals surface area contributed by atoms with Crippen LogP contribution < -0.4 is 5.32 Å². The Morgan fingerprint density at radius 3 is 2.69 bits per heavy atom. The molecule has 1 aliphatic heterocycles. The third-order valence-electron chi connectivity index (χ3n) is 3.26. The second-order valence-corrected chi connectivity index (χ2v) is 5.99. The van der Waals surface area contributed by atoms with Crippen LogP contribution in [0.4, 0.5) is 0 Å². The second kappa shape index (κ2) is 5.80. The highest BCUT2D eigenvalue weighted by Crippen LogP contribution is 2.19. The smallest absolute Gasteiger partial charge is 0.0328 e. The summed E-state index contributed by atoms with van der Waals surface area (Å²) in [5, 5.41) is 3.55. The first-order valence-corrected chi connectivity index (χ1v) is 7.10. The first-order valence-electron chi connectivity index (χ1n) is 6.29. The van der Waals surface area contributed by atoms with E-state index in [1.54, 1.807) is 0 Å². The predicted molar refractivity (Wildman–Crippen MR) is 71.0 cm³/mol. The molecular formula is C13H22N2S. The van der Waals surface area contributed by atoms with E-state index in [2.05, 4.69) is 36.2 Å². The molecule has 0 radical (unpaired) electrons. The van der Waals surface area contributed by atoms with Crippen LogP contribution in [-0.4, -0.2) is 30.6 Å². The van der Waals surface area contributed by atoms with Crippen LogP contribution in [0.2, 0.25) is 0 Å². The van der Waals surface area contributed by atoms with Gasteiger partial charge in [-0.1, -0.05) is 6.92 Å². The van der Waals surface area contributed by atoms with Crippen molar-refractivity contribution >= 4 is 11.3 Å². The van der Waals surface area contributed by atoms with Crippen molar-refractivity contribution in [2.24, 2.45) is 0 Å². The molecule has 2 heterocycles. The molecule has 1 aliphatic rings. The highest BCUT2D eigenvalue weighted by atomic mass is 32.1. The fourth-order valence-electron chi connectivity index (χ4n) is 2.37. The number of hydrogen-bond donors (Lipinski definition) is 1. The third-order valence-corrected chi connectivity index (χ3v) is 4.24. The minimum absolute atomic E-state index is 0.756. The fourth-order valence-corrected chi connectivity index (χ4v) is 3.31. The molecule has 2 rings (SSSR count). The van der Waals surface area contributed by atoms with E-state index in [1.807, 2.05) is 11.3 Å². The summed E-state index contributed by atoms with van der Waals surface area (Å²) in [7, 11) is 0. The van der Waals surface area contributed by atoms with Crippen molar-refractivity contribution in [2.75, 3.05) is 19.6 Å². The molecule has 0 atom stereocenters. The summed E-state index contributed by atoms with van der Waals surface area (Å²) in [6, 6.07) is 5.26. The van der Waals surface area contributed by atoms with E-state index in [1.165, 1.54) is 35.7 Å². The van der Waals surface area contributed by atoms with Gasteiger partial charge in [-0.2, -0.15) is 0 Å². The maximum atomic E-state index is 3.55. The Hall–Kier alpha value is -0.380. The molecule has 90 valence electrons. The number of aryl methyl sites for hydroxylation is 1. The van der Waals surface area contributed by atoms with Crippen LogP contribution in [0, 0.1) is 6.92 Å². The van der Waals surface area contributed by atoms with Crippen molar-refractivity contribution in [3.8, 4) is 0 Å². The van der Waals surface area contributed by atoms with Crippen molar-refractivity contribution in [1.82, 2.24) is 10.2 Å². The van der Waals surface area contributed by atoms with Gasteiger partial charge in [0, 0.05) is 22.3 Å². The van der Waals surface area contributed by atoms with Crippen LogP contribution in [0.3, 0.4) is 0 Å². The van der Waals surface area contributed by atoms with Crippen LogP contribution in [0.1, 0.15) is 29.5 Å². The SMILES string of the molecule is CCNC1CCN(Cc2ccc(C)s2)CC1. The number of likely N-dealkylation sites (tertiary alicyclic amines) is 1. The number of rotatable bonds is 4. The lowest BCUT2D eigenvalue weighted by atomic mass is 10.1. The zero-order chi connectivity index (χ0) is 11.4. The molecule has 0 saturated carbocycles. The normalized spacial score (nSPS) is 19.1. The van der Waals surface area contributed by atoms with Gasteiger partial charge in [-0.05, 0) is 51.5 Å². The van der Waals surface area contributed by atoms with Crippen LogP contribution >= 0.6 is 11.3 Å². The summed E-state index contributed by atoms with van der Waals surface area (Å²) < 4.78 is 0. The first kappa shape index (κ1) is 12.1. The minimum Gasteiger partial charge on any atom is -0.314 e. The van der Waals surface area contributed by atoms with Gasteiger partial charge in [-0.3, -0.25) is 4.90 Å². The molecule has 3 heteroatoms. The Labute approximate surface area is 103 Å². The highest BCUT2D eigenvalue weighted by molar-refractivity contribution is 7.11. The molecule has 1 fully saturated rings. The van der Waals surface area contributed by atoms with Gasteiger partial charge >= 0.3 is 0 Å². The van der Waals surface area contributed by atoms with E-state index >= 15 is 0 Å². The molecule has 0 spiro atoms. The molecule has 0 aromatic carbocycles. The number of thiophene rings is 1. The van der Waals surface area contributed by atoms with E-state index in [-0.39, 0.29) is 0 Å². The van der Waals surface area contributed by atoms with Crippen LogP contribution in [0.25, 0.3) is 0 Å². The lowest BCUT2D eigenvalue weighted by Gasteiger charge is -2.31. The van der Waals surface area contributed by atoms with Gasteiger partial charge in [-0.15, -0.1) is 11.3 Å². The number of nitrogens with zero attached hydrogens (tertiary/aromatic N) is 1. The maximum Gasteiger partial charge on any atom is 0.0328 e. The zero-order valence-electron chi connectivity index (χ0n) is 10.3. The molecule has 1 aromatic heterocycles. The standard InChI is InChI=1S/C13H22N2S/c1-3-14-12-6-8-15(9-7-12)10-13-5-4-11(2)16-13/h4-5,12,14H,3,6-10H2,1-2H3. The van der Waals surface area contributed by atoms with Gasteiger partial charge in [0.15, 0.2) is 0 Å². The highest BCUT2D eigenvalue weighted by Gasteiger charge is 2.18. The number of piperidine rings is 1. The Kier molecular flexibility index (Phi) is 4.38. The Bertz CT molecular complexity index is 313. The minimum atomic E-state index is 0.756. The molecule has 0 aliphatic carbocycles. The molecule has 16 heavy (non-hydrogen) atoms. The topological polar surface area (TPSA) is 15.3 Å². The van der Waals surface area contributed by atoms with E-state index in [4.69, 9.17) is 0 Å². The van der Waals surface area contributed by atoms with E-state index < -0.39 is 0 Å². The summed E-state index contributed by atoms with van der Waals surface area (Å²) in [6.45, 7) is 9.13. The van der Waals surface area contributed by atoms with Crippen molar-refractivity contribution < 1.29 is 0 Å². The number of nitrogens with one attached hydrogen (secondary N) is 1. The molecule has 0 unspecified atom stereocenters. The van der Waals surface area contributed by atoms with Gasteiger partial charge in [-0.25, -0.2) is 0 Å². The fraction of sp³-hybridized carbons (Fsp3) is 0.692. The van der Waals surface area contributed by atoms with Crippen molar-refractivity contribution in [3.05, 3.63) is 21.9 Å². The van der Waals surface area contributed by atoms with Gasteiger partial charge < -0.3 is 5.32 Å². The van der Waals surface area contributed by atoms with Crippen molar-refractivity contribution in [1.29, 1.82) is 0 Å². The monoisotopic (exact) mass is 238 g/mol. The first-order chi connectivity index (χ1) is 7.78. The van der Waals surface area contributed by atoms with Gasteiger partial charge in [0.05, 0.1) is 0 Å². The summed E-state index contributed by atoms with van der Waals surface area (Å²) >= 11 is 1.94. The van der Waals surface area contributed by atoms with Gasteiger partial charge in [0.2, 0.25) is 0 Å². The summed E-state index contributed by atoms with van der Waals surface area (Å²) in [5.74, 6) is 0. The Morgan fingerprint density at radius 1 is 1.38 bits per heavy atom. The Balaban J connectivity index is 1.77. The van der Waals surface area contributed by atoms with Crippen molar-refractivity contribution in [2.45, 2.75) is 39.3 Å². The lowest BCUT2D eigenvalue weighted by molar-refractivity contribution is 0.193. The number of hydrogen-bond acceptors (Lipinski definition) is 3. The molecule has 2 nitrogen and oxygen atoms in total. The summed E-state index contributed by atoms with van der Waals surface area (Å²) in [4.78, 5) is 5.52. The molecule has 0 bridgehead atoms. The van der Waals surface area contributed by atoms with E-state index in [0.717, 1.165) is 19.1 Å². The van der Waals surface area contributed by atoms with Crippen molar-refractivity contribution in [3.63, 3.8) is 0 Å². The zero-order valence-corrected chi connectivity index (χ0v) is 11.1. The molecule has 1 N–H and O–H groups in total. The average Bonchev–Trinajstić information content (AvgIpc) is 2.67. The summed E-state index contributed by atoms with van der Waals surface area (Å²) in [5.41, 5.74) is 0. The average molecular weight is 238 g/mol. The molecule has 0 amide bonds. The Morgan fingerprint density at radius 2 is 2.12 bits per heavy atom. The lowest BCUT2D eigenvalue weighted by Crippen LogP contribution is -2.41. The predicted octanol–water partition coefficient (Wildman–Crippen LogP) is 2.63. The third kappa shape index (κ3) is 3.30. The van der Waals surface area contributed by atoms with Crippen LogP contribution in [-0.2, 0) is 6.54 Å².